The molecule has 0 atom stereocenters. The van der Waals surface area contributed by atoms with Crippen molar-refractivity contribution in [1.29, 1.82) is 0 Å². The van der Waals surface area contributed by atoms with Gasteiger partial charge in [0.25, 0.3) is 0 Å². The number of carboxylic acids is 1. The molecule has 0 aliphatic carbocycles. The monoisotopic (exact) mass is 424 g/mol. The number of carbonyl (C=O) groups is 1. The molecule has 0 spiro atoms. The van der Waals surface area contributed by atoms with Gasteiger partial charge in [-0.2, -0.15) is 0 Å². The Morgan fingerprint density at radius 3 is 1.16 bits per heavy atom. The van der Waals surface area contributed by atoms with Crippen molar-refractivity contribution in [2.45, 2.75) is 110 Å². The number of hydrogen-bond donors (Lipinski definition) is 1. The number of aliphatic carboxylic acids is 1. The van der Waals surface area contributed by atoms with Crippen LogP contribution in [0.4, 0.5) is 0 Å². The summed E-state index contributed by atoms with van der Waals surface area (Å²) < 4.78 is 16.8. The van der Waals surface area contributed by atoms with Crippen LogP contribution in [0.15, 0.2) is 0 Å². The predicted molar refractivity (Wildman–Crippen MR) is 95.0 cm³/mol. The first-order valence-electron chi connectivity index (χ1n) is 9.40. The van der Waals surface area contributed by atoms with Crippen LogP contribution in [0.3, 0.4) is 0 Å². The maximum atomic E-state index is 10.3. The van der Waals surface area contributed by atoms with E-state index in [9.17, 15) is 4.79 Å². The van der Waals surface area contributed by atoms with Crippen molar-refractivity contribution in [3.63, 3.8) is 0 Å². The minimum atomic E-state index is -1.42. The molecule has 1 N–H and O–H groups in total. The smallest absolute Gasteiger partial charge is 2.00 e. The average molecular weight is 426 g/mol. The van der Waals surface area contributed by atoms with Gasteiger partial charge >= 0.3 is 34.7 Å². The van der Waals surface area contributed by atoms with E-state index < -0.39 is 15.3 Å². The molecule has 0 aliphatic rings. The van der Waals surface area contributed by atoms with E-state index in [1.165, 1.54) is 83.5 Å². The summed E-state index contributed by atoms with van der Waals surface area (Å²) >= 11 is 0. The van der Waals surface area contributed by atoms with Gasteiger partial charge in [0.15, 0.2) is 0 Å². The summed E-state index contributed by atoms with van der Waals surface area (Å²) in [5.41, 5.74) is 0. The van der Waals surface area contributed by atoms with E-state index in [0.717, 1.165) is 12.8 Å². The molecule has 0 saturated carbocycles. The van der Waals surface area contributed by atoms with Crippen molar-refractivity contribution in [3.05, 3.63) is 0 Å². The Morgan fingerprint density at radius 2 is 0.920 bits per heavy atom. The van der Waals surface area contributed by atoms with Crippen molar-refractivity contribution < 1.29 is 43.8 Å². The first kappa shape index (κ1) is 32.5. The third-order valence-corrected chi connectivity index (χ3v) is 3.99. The van der Waals surface area contributed by atoms with Gasteiger partial charge < -0.3 is 10.6 Å². The Balaban J connectivity index is -0.000000409. The summed E-state index contributed by atoms with van der Waals surface area (Å²) in [4.78, 5) is 10.3. The number of unbranched alkanes of at least 4 members (excludes halogenated alkanes) is 14. The molecule has 0 aliphatic heterocycles. The fraction of sp³-hybridized carbons (Fsp3) is 0.944. The Morgan fingerprint density at radius 1 is 0.680 bits per heavy atom. The van der Waals surface area contributed by atoms with E-state index in [-0.39, 0.29) is 25.0 Å². The van der Waals surface area contributed by atoms with E-state index in [0.29, 0.717) is 6.42 Å². The molecule has 0 radical (unpaired) electrons. The van der Waals surface area contributed by atoms with E-state index in [2.05, 4.69) is 6.92 Å². The quantitative estimate of drug-likeness (QED) is 0.257. The van der Waals surface area contributed by atoms with Gasteiger partial charge in [-0.05, 0) is 6.42 Å². The van der Waals surface area contributed by atoms with Gasteiger partial charge in [0, 0.05) is 6.42 Å². The minimum absolute atomic E-state index is 0. The van der Waals surface area contributed by atoms with E-state index in [4.69, 9.17) is 14.0 Å². The van der Waals surface area contributed by atoms with Crippen LogP contribution in [-0.4, -0.2) is 20.4 Å². The molecule has 0 bridgehead atoms. The molecule has 0 rings (SSSR count). The molecule has 0 amide bonds. The maximum absolute atomic E-state index is 10.3. The van der Waals surface area contributed by atoms with E-state index in [1.54, 1.807) is 0 Å². The summed E-state index contributed by atoms with van der Waals surface area (Å²) in [5, 5.41) is 8.52. The zero-order valence-corrected chi connectivity index (χ0v) is 20.1. The fourth-order valence-corrected chi connectivity index (χ4v) is 2.65. The Bertz CT molecular complexity index is 285. The van der Waals surface area contributed by atoms with Gasteiger partial charge in [-0.15, -0.1) is 0 Å². The van der Waals surface area contributed by atoms with Crippen LogP contribution in [0.5, 0.6) is 0 Å². The van der Waals surface area contributed by atoms with Crippen molar-refractivity contribution in [2.24, 2.45) is 0 Å². The standard InChI is InChI=1S/C18H36O2.O2Si.O.Zn/c1-2-3-4-5-6-7-8-9-10-11-12-13-14-15-16-17-18(19)20;1-3-2;;/h2-17H2,1H3,(H,19,20);;;/q;;-2;+2. The molecular formula is C18H36O5SiZn. The molecule has 0 heterocycles. The molecule has 0 aromatic carbocycles. The Kier molecular flexibility index (Phi) is 41.2. The summed E-state index contributed by atoms with van der Waals surface area (Å²) in [7, 11) is -1.42. The van der Waals surface area contributed by atoms with Crippen LogP contribution in [0.1, 0.15) is 110 Å². The van der Waals surface area contributed by atoms with Gasteiger partial charge in [-0.25, -0.2) is 0 Å². The third kappa shape index (κ3) is 40.1. The maximum Gasteiger partial charge on any atom is 2.00 e. The SMILES string of the molecule is CCCCCCCCCCCCCCCCCC(=O)O.O=[Si]=O.[O-2].[Zn+2]. The van der Waals surface area contributed by atoms with E-state index in [1.807, 2.05) is 0 Å². The molecule has 0 saturated heterocycles. The zero-order chi connectivity index (χ0) is 17.6. The molecule has 25 heavy (non-hydrogen) atoms. The van der Waals surface area contributed by atoms with Crippen LogP contribution < -0.4 is 0 Å². The Hall–Kier alpha value is -0.130. The van der Waals surface area contributed by atoms with E-state index >= 15 is 0 Å². The summed E-state index contributed by atoms with van der Waals surface area (Å²) in [6, 6.07) is 0. The summed E-state index contributed by atoms with van der Waals surface area (Å²) in [5.74, 6) is -0.653. The third-order valence-electron chi connectivity index (χ3n) is 3.99. The predicted octanol–water partition coefficient (Wildman–Crippen LogP) is 5.59. The number of rotatable bonds is 16. The van der Waals surface area contributed by atoms with Crippen molar-refractivity contribution in [3.8, 4) is 0 Å². The molecular weight excluding hydrogens is 390 g/mol. The van der Waals surface area contributed by atoms with Gasteiger partial charge in [0.05, 0.1) is 0 Å². The normalized spacial score (nSPS) is 9.00. The second kappa shape index (κ2) is 31.6. The molecule has 5 nitrogen and oxygen atoms in total. The van der Waals surface area contributed by atoms with Crippen molar-refractivity contribution in [2.75, 3.05) is 0 Å². The van der Waals surface area contributed by atoms with Gasteiger partial charge in [-0.1, -0.05) is 96.8 Å². The van der Waals surface area contributed by atoms with Crippen molar-refractivity contribution >= 4 is 15.3 Å². The molecule has 144 valence electrons. The second-order valence-corrected chi connectivity index (χ2v) is 6.34. The molecule has 0 aromatic rings. The first-order chi connectivity index (χ1) is 11.2. The van der Waals surface area contributed by atoms with Gasteiger partial charge in [-0.3, -0.25) is 13.7 Å². The van der Waals surface area contributed by atoms with Crippen LogP contribution in [0, 0.1) is 0 Å². The Labute approximate surface area is 168 Å². The van der Waals surface area contributed by atoms with Crippen molar-refractivity contribution in [1.82, 2.24) is 0 Å². The number of carboxylic acid groups (broad SMARTS) is 1. The first-order valence-corrected chi connectivity index (χ1v) is 10.2. The molecule has 0 aromatic heterocycles. The van der Waals surface area contributed by atoms with Gasteiger partial charge in [0.1, 0.15) is 0 Å². The summed E-state index contributed by atoms with van der Waals surface area (Å²) in [6.07, 6.45) is 20.2. The molecule has 7 heteroatoms. The van der Waals surface area contributed by atoms with Crippen LogP contribution in [-0.2, 0) is 38.7 Å². The largest absolute Gasteiger partial charge is 2.00 e. The minimum Gasteiger partial charge on any atom is -2.00 e. The van der Waals surface area contributed by atoms with Crippen LogP contribution in [0.2, 0.25) is 0 Å². The second-order valence-electron chi connectivity index (χ2n) is 6.18. The zero-order valence-electron chi connectivity index (χ0n) is 16.1. The average Bonchev–Trinajstić information content (AvgIpc) is 2.51. The number of hydrogen-bond acceptors (Lipinski definition) is 3. The summed E-state index contributed by atoms with van der Waals surface area (Å²) in [6.45, 7) is 2.27. The van der Waals surface area contributed by atoms with Crippen LogP contribution in [0.25, 0.3) is 0 Å². The molecule has 0 fully saturated rings. The van der Waals surface area contributed by atoms with Gasteiger partial charge in [0.2, 0.25) is 0 Å². The topological polar surface area (TPSA) is 99.9 Å². The van der Waals surface area contributed by atoms with Crippen LogP contribution >= 0.6 is 0 Å². The molecule has 0 unspecified atom stereocenters. The fourth-order valence-electron chi connectivity index (χ4n) is 2.65.